The number of aliphatic hydroxyl groups excluding tert-OH is 1. The molecule has 0 bridgehead atoms. The molecule has 0 saturated carbocycles. The van der Waals surface area contributed by atoms with Crippen molar-refractivity contribution in [3.63, 3.8) is 0 Å². The van der Waals surface area contributed by atoms with E-state index in [1.54, 1.807) is 6.20 Å². The van der Waals surface area contributed by atoms with Crippen LogP contribution in [0.2, 0.25) is 0 Å². The summed E-state index contributed by atoms with van der Waals surface area (Å²) in [6.07, 6.45) is 1.32. The largest absolute Gasteiger partial charge is 0.370 e. The second kappa shape index (κ2) is 3.88. The number of guanidine groups is 1. The van der Waals surface area contributed by atoms with E-state index in [0.29, 0.717) is 24.4 Å². The Morgan fingerprint density at radius 3 is 3.06 bits per heavy atom. The van der Waals surface area contributed by atoms with Crippen molar-refractivity contribution in [2.45, 2.75) is 12.6 Å². The molecule has 7 heteroatoms. The van der Waals surface area contributed by atoms with Gasteiger partial charge in [0, 0.05) is 18.3 Å². The third-order valence-electron chi connectivity index (χ3n) is 3.07. The zero-order valence-electron chi connectivity index (χ0n) is 9.53. The number of aliphatic imine (C=N–C) groups is 1. The maximum absolute atomic E-state index is 11.8. The van der Waals surface area contributed by atoms with Crippen LogP contribution >= 0.6 is 0 Å². The second-order valence-corrected chi connectivity index (χ2v) is 4.18. The van der Waals surface area contributed by atoms with Crippen LogP contribution in [0.3, 0.4) is 0 Å². The fourth-order valence-electron chi connectivity index (χ4n) is 2.27. The molecule has 94 valence electrons. The lowest BCUT2D eigenvalue weighted by atomic mass is 10.0. The highest BCUT2D eigenvalue weighted by Gasteiger charge is 2.27. The number of aromatic nitrogens is 1. The fraction of sp³-hybridized carbons (Fsp3) is 0.273. The fourth-order valence-corrected chi connectivity index (χ4v) is 2.27. The molecule has 2 aliphatic rings. The van der Waals surface area contributed by atoms with E-state index in [9.17, 15) is 9.90 Å². The molecule has 1 aromatic rings. The van der Waals surface area contributed by atoms with Gasteiger partial charge in [0.1, 0.15) is 5.69 Å². The van der Waals surface area contributed by atoms with E-state index in [-0.39, 0.29) is 11.9 Å². The Hall–Kier alpha value is -2.28. The number of fused-ring (bicyclic) bond motifs is 1. The van der Waals surface area contributed by atoms with Crippen molar-refractivity contribution in [3.8, 4) is 0 Å². The Bertz CT molecular complexity index is 572. The Balaban J connectivity index is 2.12. The Morgan fingerprint density at radius 2 is 2.33 bits per heavy atom. The quantitative estimate of drug-likeness (QED) is 0.408. The van der Waals surface area contributed by atoms with Crippen molar-refractivity contribution in [2.75, 3.05) is 6.54 Å². The van der Waals surface area contributed by atoms with E-state index in [2.05, 4.69) is 20.6 Å². The summed E-state index contributed by atoms with van der Waals surface area (Å²) in [4.78, 5) is 18.5. The average Bonchev–Trinajstić information content (AvgIpc) is 2.88. The van der Waals surface area contributed by atoms with Gasteiger partial charge in [-0.25, -0.2) is 4.99 Å². The van der Waals surface area contributed by atoms with Crippen molar-refractivity contribution in [1.82, 2.24) is 15.6 Å². The molecule has 1 unspecified atom stereocenters. The summed E-state index contributed by atoms with van der Waals surface area (Å²) in [7, 11) is 0. The number of hydrogen-bond donors (Lipinski definition) is 5. The smallest absolute Gasteiger partial charge is 0.268 e. The van der Waals surface area contributed by atoms with Crippen LogP contribution < -0.4 is 16.4 Å². The van der Waals surface area contributed by atoms with Gasteiger partial charge in [0.15, 0.2) is 12.2 Å². The van der Waals surface area contributed by atoms with Gasteiger partial charge in [0.05, 0.1) is 5.70 Å². The van der Waals surface area contributed by atoms with Crippen LogP contribution in [0.25, 0.3) is 5.57 Å². The van der Waals surface area contributed by atoms with Gasteiger partial charge in [-0.15, -0.1) is 0 Å². The SMILES string of the molecule is NC1=NC(O)C(=C2CCNC(=O)c3[nH]ccc32)N1. The predicted molar refractivity (Wildman–Crippen MR) is 65.4 cm³/mol. The molecule has 2 aliphatic heterocycles. The normalized spacial score (nSPS) is 27.1. The summed E-state index contributed by atoms with van der Waals surface area (Å²) in [5.74, 6) is 0.0394. The summed E-state index contributed by atoms with van der Waals surface area (Å²) >= 11 is 0. The number of rotatable bonds is 0. The molecule has 7 nitrogen and oxygen atoms in total. The van der Waals surface area contributed by atoms with E-state index in [0.717, 1.165) is 11.1 Å². The molecule has 0 saturated heterocycles. The molecule has 1 atom stereocenters. The first-order valence-corrected chi connectivity index (χ1v) is 5.64. The maximum atomic E-state index is 11.8. The van der Waals surface area contributed by atoms with E-state index >= 15 is 0 Å². The standard InChI is InChI=1S/C11H13N5O2/c12-11-15-8(10(18)16-11)6-2-4-14-9(17)7-5(6)1-3-13-7/h1,3,10,13,18H,2,4H2,(H,14,17)(H3,12,15,16). The van der Waals surface area contributed by atoms with Gasteiger partial charge in [-0.2, -0.15) is 0 Å². The minimum Gasteiger partial charge on any atom is -0.370 e. The van der Waals surface area contributed by atoms with Crippen LogP contribution in [0.1, 0.15) is 22.5 Å². The van der Waals surface area contributed by atoms with Crippen molar-refractivity contribution >= 4 is 17.4 Å². The minimum absolute atomic E-state index is 0.146. The average molecular weight is 247 g/mol. The van der Waals surface area contributed by atoms with Crippen molar-refractivity contribution in [1.29, 1.82) is 0 Å². The highest BCUT2D eigenvalue weighted by Crippen LogP contribution is 2.29. The molecular weight excluding hydrogens is 234 g/mol. The highest BCUT2D eigenvalue weighted by atomic mass is 16.3. The van der Waals surface area contributed by atoms with Gasteiger partial charge < -0.3 is 26.5 Å². The van der Waals surface area contributed by atoms with E-state index in [1.165, 1.54) is 0 Å². The van der Waals surface area contributed by atoms with Crippen LogP contribution in [-0.4, -0.2) is 34.7 Å². The molecule has 6 N–H and O–H groups in total. The summed E-state index contributed by atoms with van der Waals surface area (Å²) < 4.78 is 0. The number of aliphatic hydroxyl groups is 1. The number of carbonyl (C=O) groups is 1. The Morgan fingerprint density at radius 1 is 1.50 bits per heavy atom. The van der Waals surface area contributed by atoms with Gasteiger partial charge in [0.25, 0.3) is 5.91 Å². The van der Waals surface area contributed by atoms with Crippen molar-refractivity contribution in [3.05, 3.63) is 29.2 Å². The molecule has 0 radical (unpaired) electrons. The third-order valence-corrected chi connectivity index (χ3v) is 3.07. The van der Waals surface area contributed by atoms with Crippen LogP contribution in [0, 0.1) is 0 Å². The molecule has 0 aromatic carbocycles. The Labute approximate surface area is 103 Å². The van der Waals surface area contributed by atoms with E-state index in [4.69, 9.17) is 5.73 Å². The molecule has 0 spiro atoms. The number of nitrogens with one attached hydrogen (secondary N) is 3. The first-order chi connectivity index (χ1) is 8.66. The lowest BCUT2D eigenvalue weighted by Crippen LogP contribution is -2.27. The van der Waals surface area contributed by atoms with E-state index in [1.807, 2.05) is 6.07 Å². The number of nitrogens with two attached hydrogens (primary N) is 1. The Kier molecular flexibility index (Phi) is 2.34. The van der Waals surface area contributed by atoms with Crippen LogP contribution in [-0.2, 0) is 0 Å². The molecule has 3 rings (SSSR count). The molecule has 1 amide bonds. The first kappa shape index (κ1) is 10.8. The van der Waals surface area contributed by atoms with Crippen LogP contribution in [0.15, 0.2) is 23.0 Å². The maximum Gasteiger partial charge on any atom is 0.268 e. The van der Waals surface area contributed by atoms with Crippen LogP contribution in [0.4, 0.5) is 0 Å². The zero-order valence-corrected chi connectivity index (χ0v) is 9.53. The molecule has 0 aliphatic carbocycles. The van der Waals surface area contributed by atoms with Gasteiger partial charge >= 0.3 is 0 Å². The summed E-state index contributed by atoms with van der Waals surface area (Å²) in [6.45, 7) is 0.508. The van der Waals surface area contributed by atoms with Crippen molar-refractivity contribution < 1.29 is 9.90 Å². The number of nitrogens with zero attached hydrogens (tertiary/aromatic N) is 1. The number of amides is 1. The van der Waals surface area contributed by atoms with Gasteiger partial charge in [-0.05, 0) is 18.1 Å². The number of aromatic amines is 1. The third kappa shape index (κ3) is 1.56. The second-order valence-electron chi connectivity index (χ2n) is 4.18. The van der Waals surface area contributed by atoms with Gasteiger partial charge in [-0.1, -0.05) is 0 Å². The van der Waals surface area contributed by atoms with E-state index < -0.39 is 6.23 Å². The summed E-state index contributed by atoms with van der Waals surface area (Å²) in [5, 5.41) is 15.5. The lowest BCUT2D eigenvalue weighted by Gasteiger charge is -2.11. The molecule has 0 fully saturated rings. The lowest BCUT2D eigenvalue weighted by molar-refractivity contribution is 0.0952. The molecule has 18 heavy (non-hydrogen) atoms. The predicted octanol–water partition coefficient (Wildman–Crippen LogP) is -0.904. The van der Waals surface area contributed by atoms with Gasteiger partial charge in [-0.3, -0.25) is 4.79 Å². The minimum atomic E-state index is -0.990. The summed E-state index contributed by atoms with van der Waals surface area (Å²) in [6, 6.07) is 1.81. The molecule has 3 heterocycles. The van der Waals surface area contributed by atoms with Crippen molar-refractivity contribution in [2.24, 2.45) is 10.7 Å². The first-order valence-electron chi connectivity index (χ1n) is 5.64. The molecule has 1 aromatic heterocycles. The van der Waals surface area contributed by atoms with Crippen LogP contribution in [0.5, 0.6) is 0 Å². The zero-order chi connectivity index (χ0) is 12.7. The highest BCUT2D eigenvalue weighted by molar-refractivity contribution is 5.99. The number of H-pyrrole nitrogens is 1. The topological polar surface area (TPSA) is 116 Å². The summed E-state index contributed by atoms with van der Waals surface area (Å²) in [5.41, 5.74) is 8.20. The monoisotopic (exact) mass is 247 g/mol. The van der Waals surface area contributed by atoms with Gasteiger partial charge in [0.2, 0.25) is 0 Å². The number of hydrogen-bond acceptors (Lipinski definition) is 5. The number of carbonyl (C=O) groups excluding carboxylic acids is 1. The molecular formula is C11H13N5O2.